The fraction of sp³-hybridized carbons (Fsp3) is 0.562. The standard InChI is InChI=1S/C16H22ClN3/c1-3-15(20-8-6-11(2)7-9-20)16-18-13-5-4-12(17)10-14(13)19-16/h4-5,10-11,15H,3,6-9H2,1-2H3,(H,18,19). The predicted octanol–water partition coefficient (Wildman–Crippen LogP) is 4.40. The third-order valence-corrected chi connectivity index (χ3v) is 4.66. The van der Waals surface area contributed by atoms with Crippen LogP contribution in [0.5, 0.6) is 0 Å². The average molecular weight is 292 g/mol. The number of likely N-dealkylation sites (tertiary alicyclic amines) is 1. The summed E-state index contributed by atoms with van der Waals surface area (Å²) in [5.74, 6) is 1.94. The van der Waals surface area contributed by atoms with Gasteiger partial charge in [0, 0.05) is 5.02 Å². The van der Waals surface area contributed by atoms with Crippen molar-refractivity contribution in [2.24, 2.45) is 5.92 Å². The lowest BCUT2D eigenvalue weighted by Crippen LogP contribution is -2.36. The Kier molecular flexibility index (Phi) is 3.99. The van der Waals surface area contributed by atoms with Gasteiger partial charge in [0.25, 0.3) is 0 Å². The third kappa shape index (κ3) is 2.70. The lowest BCUT2D eigenvalue weighted by molar-refractivity contribution is 0.130. The summed E-state index contributed by atoms with van der Waals surface area (Å²) in [5.41, 5.74) is 2.05. The summed E-state index contributed by atoms with van der Waals surface area (Å²) in [6.45, 7) is 6.94. The van der Waals surface area contributed by atoms with E-state index in [-0.39, 0.29) is 0 Å². The van der Waals surface area contributed by atoms with Crippen molar-refractivity contribution in [1.82, 2.24) is 14.9 Å². The highest BCUT2D eigenvalue weighted by Gasteiger charge is 2.25. The van der Waals surface area contributed by atoms with Gasteiger partial charge in [-0.2, -0.15) is 0 Å². The number of aromatic nitrogens is 2. The van der Waals surface area contributed by atoms with Crippen LogP contribution in [-0.2, 0) is 0 Å². The number of H-pyrrole nitrogens is 1. The molecule has 0 amide bonds. The Morgan fingerprint density at radius 2 is 2.15 bits per heavy atom. The first-order chi connectivity index (χ1) is 9.67. The third-order valence-electron chi connectivity index (χ3n) is 4.42. The van der Waals surface area contributed by atoms with Crippen LogP contribution in [0.1, 0.15) is 45.0 Å². The van der Waals surface area contributed by atoms with Gasteiger partial charge in [0.15, 0.2) is 0 Å². The van der Waals surface area contributed by atoms with E-state index in [1.54, 1.807) is 0 Å². The van der Waals surface area contributed by atoms with Gasteiger partial charge in [-0.15, -0.1) is 0 Å². The topological polar surface area (TPSA) is 31.9 Å². The Labute approximate surface area is 125 Å². The first-order valence-electron chi connectivity index (χ1n) is 7.56. The summed E-state index contributed by atoms with van der Waals surface area (Å²) in [6, 6.07) is 6.24. The highest BCUT2D eigenvalue weighted by molar-refractivity contribution is 6.31. The second-order valence-electron chi connectivity index (χ2n) is 5.93. The van der Waals surface area contributed by atoms with Gasteiger partial charge in [-0.25, -0.2) is 4.98 Å². The van der Waals surface area contributed by atoms with Gasteiger partial charge < -0.3 is 4.98 Å². The summed E-state index contributed by atoms with van der Waals surface area (Å²) < 4.78 is 0. The van der Waals surface area contributed by atoms with Crippen molar-refractivity contribution >= 4 is 22.6 Å². The quantitative estimate of drug-likeness (QED) is 0.909. The molecule has 0 saturated carbocycles. The van der Waals surface area contributed by atoms with Crippen molar-refractivity contribution in [2.45, 2.75) is 39.2 Å². The summed E-state index contributed by atoms with van der Waals surface area (Å²) in [4.78, 5) is 10.8. The minimum absolute atomic E-state index is 0.397. The number of hydrogen-bond acceptors (Lipinski definition) is 2. The number of fused-ring (bicyclic) bond motifs is 1. The molecule has 20 heavy (non-hydrogen) atoms. The molecule has 3 rings (SSSR count). The Morgan fingerprint density at radius 1 is 1.40 bits per heavy atom. The lowest BCUT2D eigenvalue weighted by Gasteiger charge is -2.35. The van der Waals surface area contributed by atoms with Crippen LogP contribution >= 0.6 is 11.6 Å². The molecule has 1 aromatic carbocycles. The van der Waals surface area contributed by atoms with Gasteiger partial charge in [-0.3, -0.25) is 4.90 Å². The minimum atomic E-state index is 0.397. The van der Waals surface area contributed by atoms with E-state index >= 15 is 0 Å². The van der Waals surface area contributed by atoms with Crippen LogP contribution in [0.15, 0.2) is 18.2 Å². The number of nitrogens with zero attached hydrogens (tertiary/aromatic N) is 2. The molecule has 1 unspecified atom stereocenters. The van der Waals surface area contributed by atoms with Crippen LogP contribution in [-0.4, -0.2) is 28.0 Å². The molecule has 1 aromatic heterocycles. The number of halogens is 1. The second-order valence-corrected chi connectivity index (χ2v) is 6.36. The van der Waals surface area contributed by atoms with Crippen LogP contribution in [0, 0.1) is 5.92 Å². The normalized spacial score (nSPS) is 19.6. The molecule has 1 N–H and O–H groups in total. The zero-order valence-electron chi connectivity index (χ0n) is 12.2. The molecule has 0 radical (unpaired) electrons. The first-order valence-corrected chi connectivity index (χ1v) is 7.94. The van der Waals surface area contributed by atoms with Crippen molar-refractivity contribution < 1.29 is 0 Å². The molecule has 2 heterocycles. The van der Waals surface area contributed by atoms with Crippen LogP contribution in [0.2, 0.25) is 5.02 Å². The van der Waals surface area contributed by atoms with Crippen molar-refractivity contribution in [3.05, 3.63) is 29.0 Å². The van der Waals surface area contributed by atoms with Gasteiger partial charge in [-0.05, 0) is 56.5 Å². The van der Waals surface area contributed by atoms with E-state index in [2.05, 4.69) is 23.7 Å². The molecule has 4 heteroatoms. The number of hydrogen-bond donors (Lipinski definition) is 1. The molecular formula is C16H22ClN3. The molecule has 2 aromatic rings. The van der Waals surface area contributed by atoms with Crippen LogP contribution in [0.3, 0.4) is 0 Å². The van der Waals surface area contributed by atoms with Crippen LogP contribution < -0.4 is 0 Å². The van der Waals surface area contributed by atoms with Crippen molar-refractivity contribution in [2.75, 3.05) is 13.1 Å². The predicted molar refractivity (Wildman–Crippen MR) is 84.1 cm³/mol. The maximum Gasteiger partial charge on any atom is 0.124 e. The van der Waals surface area contributed by atoms with E-state index in [0.29, 0.717) is 6.04 Å². The smallest absolute Gasteiger partial charge is 0.124 e. The van der Waals surface area contributed by atoms with Crippen LogP contribution in [0.4, 0.5) is 0 Å². The first kappa shape index (κ1) is 13.9. The SMILES string of the molecule is CCC(c1nc2ccc(Cl)cc2[nH]1)N1CCC(C)CC1. The van der Waals surface area contributed by atoms with E-state index in [4.69, 9.17) is 16.6 Å². The van der Waals surface area contributed by atoms with Gasteiger partial charge in [0.2, 0.25) is 0 Å². The molecule has 0 bridgehead atoms. The largest absolute Gasteiger partial charge is 0.341 e. The van der Waals surface area contributed by atoms with Gasteiger partial charge >= 0.3 is 0 Å². The molecular weight excluding hydrogens is 270 g/mol. The molecule has 0 aliphatic carbocycles. The molecule has 3 nitrogen and oxygen atoms in total. The number of piperidine rings is 1. The lowest BCUT2D eigenvalue weighted by atomic mass is 9.97. The van der Waals surface area contributed by atoms with E-state index in [0.717, 1.165) is 34.2 Å². The van der Waals surface area contributed by atoms with Crippen LogP contribution in [0.25, 0.3) is 11.0 Å². The number of benzene rings is 1. The zero-order valence-corrected chi connectivity index (χ0v) is 13.0. The summed E-state index contributed by atoms with van der Waals surface area (Å²) in [6.07, 6.45) is 3.67. The summed E-state index contributed by atoms with van der Waals surface area (Å²) >= 11 is 6.05. The number of nitrogens with one attached hydrogen (secondary N) is 1. The Balaban J connectivity index is 1.87. The molecule has 1 saturated heterocycles. The maximum atomic E-state index is 6.05. The fourth-order valence-electron chi connectivity index (χ4n) is 3.12. The molecule has 0 spiro atoms. The molecule has 1 atom stereocenters. The van der Waals surface area contributed by atoms with E-state index in [1.165, 1.54) is 25.9 Å². The van der Waals surface area contributed by atoms with E-state index < -0.39 is 0 Å². The highest BCUT2D eigenvalue weighted by Crippen LogP contribution is 2.29. The monoisotopic (exact) mass is 291 g/mol. The summed E-state index contributed by atoms with van der Waals surface area (Å²) in [5, 5.41) is 0.757. The average Bonchev–Trinajstić information content (AvgIpc) is 2.84. The number of aromatic amines is 1. The Morgan fingerprint density at radius 3 is 2.85 bits per heavy atom. The minimum Gasteiger partial charge on any atom is -0.341 e. The van der Waals surface area contributed by atoms with Crippen molar-refractivity contribution in [3.63, 3.8) is 0 Å². The molecule has 1 aliphatic heterocycles. The van der Waals surface area contributed by atoms with Crippen molar-refractivity contribution in [3.8, 4) is 0 Å². The fourth-order valence-corrected chi connectivity index (χ4v) is 3.30. The number of rotatable bonds is 3. The maximum absolute atomic E-state index is 6.05. The Bertz CT molecular complexity index is 584. The Hall–Kier alpha value is -1.06. The van der Waals surface area contributed by atoms with Crippen molar-refractivity contribution in [1.29, 1.82) is 0 Å². The van der Waals surface area contributed by atoms with Gasteiger partial charge in [-0.1, -0.05) is 25.4 Å². The molecule has 1 fully saturated rings. The summed E-state index contributed by atoms with van der Waals surface area (Å²) in [7, 11) is 0. The second kappa shape index (κ2) is 5.74. The zero-order chi connectivity index (χ0) is 14.1. The van der Waals surface area contributed by atoms with E-state index in [9.17, 15) is 0 Å². The number of imidazole rings is 1. The van der Waals surface area contributed by atoms with E-state index in [1.807, 2.05) is 18.2 Å². The molecule has 108 valence electrons. The van der Waals surface area contributed by atoms with Gasteiger partial charge in [0.1, 0.15) is 5.82 Å². The van der Waals surface area contributed by atoms with Gasteiger partial charge in [0.05, 0.1) is 17.1 Å². The molecule has 1 aliphatic rings. The highest BCUT2D eigenvalue weighted by atomic mass is 35.5.